The Balaban J connectivity index is 0.00000172. The van der Waals surface area contributed by atoms with Crippen molar-refractivity contribution < 1.29 is 10.2 Å². The van der Waals surface area contributed by atoms with E-state index in [4.69, 9.17) is 34.8 Å². The van der Waals surface area contributed by atoms with Crippen LogP contribution in [0.5, 0.6) is 11.5 Å². The molecule has 5 rings (SSSR count). The second-order valence-corrected chi connectivity index (χ2v) is 28.8. The van der Waals surface area contributed by atoms with E-state index in [2.05, 4.69) is 185 Å². The lowest BCUT2D eigenvalue weighted by Gasteiger charge is -2.27. The fraction of sp³-hybridized carbons (Fsp3) is 0.480. The van der Waals surface area contributed by atoms with Crippen LogP contribution in [0.25, 0.3) is 0 Å². The molecule has 0 aromatic heterocycles. The largest absolute Gasteiger partial charge is 0.507 e. The van der Waals surface area contributed by atoms with Gasteiger partial charge in [0.15, 0.2) is 4.30 Å². The third-order valence-corrected chi connectivity index (χ3v) is 12.9. The lowest BCUT2D eigenvalue weighted by Crippen LogP contribution is -2.18. The molecule has 0 fully saturated rings. The summed E-state index contributed by atoms with van der Waals surface area (Å²) in [6.45, 7) is 34.0. The van der Waals surface area contributed by atoms with Gasteiger partial charge in [-0.2, -0.15) is 0 Å². The van der Waals surface area contributed by atoms with E-state index in [0.29, 0.717) is 37.2 Å². The molecule has 1 aliphatic rings. The molecule has 7 heteroatoms. The first kappa shape index (κ1) is 47.5. The van der Waals surface area contributed by atoms with Crippen molar-refractivity contribution in [2.24, 2.45) is 0 Å². The van der Waals surface area contributed by atoms with Crippen LogP contribution in [0, 0.1) is 15.0 Å². The first-order valence-corrected chi connectivity index (χ1v) is 25.9. The van der Waals surface area contributed by atoms with Gasteiger partial charge in [-0.1, -0.05) is 192 Å². The van der Waals surface area contributed by atoms with Crippen LogP contribution in [0.1, 0.15) is 155 Å². The topological polar surface area (TPSA) is 40.5 Å². The fourth-order valence-electron chi connectivity index (χ4n) is 7.08. The number of alkyl halides is 3. The molecule has 308 valence electrons. The van der Waals surface area contributed by atoms with E-state index in [1.807, 2.05) is 0 Å². The van der Waals surface area contributed by atoms with Crippen molar-refractivity contribution in [2.45, 2.75) is 154 Å². The first-order valence-electron chi connectivity index (χ1n) is 20.0. The zero-order chi connectivity index (χ0) is 43.2. The van der Waals surface area contributed by atoms with Gasteiger partial charge in [0.1, 0.15) is 19.6 Å². The van der Waals surface area contributed by atoms with E-state index < -0.39 is 12.4 Å². The van der Waals surface area contributed by atoms with Crippen molar-refractivity contribution >= 4 is 65.5 Å². The molecule has 0 atom stereocenters. The predicted molar refractivity (Wildman–Crippen MR) is 259 cm³/mol. The Morgan fingerprint density at radius 1 is 0.491 bits per heavy atom. The molecular formula is C50H64Cl3IO2Si. The molecule has 2 nitrogen and oxygen atoms in total. The van der Waals surface area contributed by atoms with Gasteiger partial charge in [0.25, 0.3) is 0 Å². The highest BCUT2D eigenvalue weighted by atomic mass is 127. The van der Waals surface area contributed by atoms with Gasteiger partial charge in [0.05, 0.1) is 0 Å². The van der Waals surface area contributed by atoms with E-state index in [9.17, 15) is 10.2 Å². The number of halogens is 4. The molecule has 0 aliphatic heterocycles. The van der Waals surface area contributed by atoms with Crippen molar-refractivity contribution in [3.63, 3.8) is 0 Å². The third-order valence-electron chi connectivity index (χ3n) is 10.6. The highest BCUT2D eigenvalue weighted by Crippen LogP contribution is 2.41. The Morgan fingerprint density at radius 3 is 0.965 bits per heavy atom. The van der Waals surface area contributed by atoms with Gasteiger partial charge >= 0.3 is 0 Å². The summed E-state index contributed by atoms with van der Waals surface area (Å²) in [5.41, 5.74) is 17.8. The van der Waals surface area contributed by atoms with E-state index in [-0.39, 0.29) is 21.7 Å². The Hall–Kier alpha value is -2.14. The highest BCUT2D eigenvalue weighted by Gasteiger charge is 2.27. The minimum atomic E-state index is -1.75. The summed E-state index contributed by atoms with van der Waals surface area (Å²) >= 11 is 16.9. The molecule has 4 aromatic rings. The smallest absolute Gasteiger partial charge is 0.180 e. The minimum Gasteiger partial charge on any atom is -0.507 e. The fourth-order valence-corrected chi connectivity index (χ4v) is 8.27. The summed E-state index contributed by atoms with van der Waals surface area (Å²) in [5.74, 6) is 4.49. The van der Waals surface area contributed by atoms with Crippen LogP contribution in [-0.2, 0) is 47.3 Å². The van der Waals surface area contributed by atoms with Gasteiger partial charge < -0.3 is 10.2 Å². The number of hydrogen-bond acceptors (Lipinski definition) is 2. The van der Waals surface area contributed by atoms with Crippen LogP contribution >= 0.6 is 57.4 Å². The number of phenols is 2. The van der Waals surface area contributed by atoms with Gasteiger partial charge in [-0.05, 0) is 111 Å². The zero-order valence-electron chi connectivity index (χ0n) is 36.9. The van der Waals surface area contributed by atoms with Crippen LogP contribution in [0.15, 0.2) is 48.5 Å². The molecule has 0 spiro atoms. The van der Waals surface area contributed by atoms with Gasteiger partial charge in [0.2, 0.25) is 0 Å². The second-order valence-electron chi connectivity index (χ2n) is 21.0. The summed E-state index contributed by atoms with van der Waals surface area (Å²) in [6, 6.07) is 18.3. The Bertz CT molecular complexity index is 2070. The van der Waals surface area contributed by atoms with Crippen molar-refractivity contribution in [3.05, 3.63) is 124 Å². The van der Waals surface area contributed by atoms with Crippen LogP contribution in [0.2, 0.25) is 19.6 Å². The molecule has 0 saturated carbocycles. The van der Waals surface area contributed by atoms with Gasteiger partial charge in [-0.15, -0.1) is 5.54 Å². The first-order chi connectivity index (χ1) is 25.8. The molecule has 4 aromatic carbocycles. The SMILES string of the molecule is CC(C)(C)c1cc2c(O)c(c1)Cc1cc(C(C)(C)C)cc(c1C#C[Si](C)(C)C)Cc1cc(C(C)(C)C)cc(c1O)Cc1cc(C(C)(C)C)cc(c1I)C2.ClC(Cl)Cl. The molecule has 0 heterocycles. The summed E-state index contributed by atoms with van der Waals surface area (Å²) in [4.78, 5) is 0. The van der Waals surface area contributed by atoms with Crippen molar-refractivity contribution in [3.8, 4) is 23.0 Å². The zero-order valence-corrected chi connectivity index (χ0v) is 42.4. The molecule has 0 saturated heterocycles. The molecule has 0 amide bonds. The summed E-state index contributed by atoms with van der Waals surface area (Å²) in [5, 5.41) is 24.6. The maximum absolute atomic E-state index is 12.3. The minimum absolute atomic E-state index is 0.0730. The molecule has 0 unspecified atom stereocenters. The maximum Gasteiger partial charge on any atom is 0.180 e. The lowest BCUT2D eigenvalue weighted by atomic mass is 9.78. The van der Waals surface area contributed by atoms with Crippen molar-refractivity contribution in [1.29, 1.82) is 0 Å². The predicted octanol–water partition coefficient (Wildman–Crippen LogP) is 14.8. The third kappa shape index (κ3) is 12.4. The molecular weight excluding hydrogens is 894 g/mol. The standard InChI is InChI=1S/C49H63IO2Si.CHCl3/c1-46(2,3)38-22-30-18-34-26-40(48(7,8)9)28-36(44(34)51)20-32-24-39(47(4,5)6)25-33(43(32)50)21-37-29-41(49(10,11)12)27-35(45(37)52)19-31(23-38)42(30)16-17-53(13,14)15;2-1(3)4/h22-29,51-52H,18-21H2,1-15H3;1H. The van der Waals surface area contributed by atoms with E-state index in [1.54, 1.807) is 0 Å². The number of rotatable bonds is 0. The van der Waals surface area contributed by atoms with Gasteiger partial charge in [-0.3, -0.25) is 0 Å². The van der Waals surface area contributed by atoms with Crippen molar-refractivity contribution in [2.75, 3.05) is 0 Å². The quantitative estimate of drug-likeness (QED) is 0.0703. The normalized spacial score (nSPS) is 13.8. The van der Waals surface area contributed by atoms with Gasteiger partial charge in [0, 0.05) is 34.8 Å². The Kier molecular flexibility index (Phi) is 14.6. The Labute approximate surface area is 374 Å². The highest BCUT2D eigenvalue weighted by molar-refractivity contribution is 14.1. The molecule has 2 N–H and O–H groups in total. The average molecular weight is 958 g/mol. The van der Waals surface area contributed by atoms with E-state index >= 15 is 0 Å². The van der Waals surface area contributed by atoms with Gasteiger partial charge in [-0.25, -0.2) is 0 Å². The summed E-state index contributed by atoms with van der Waals surface area (Å²) in [7, 11) is -1.75. The average Bonchev–Trinajstić information content (AvgIpc) is 3.02. The number of hydrogen-bond donors (Lipinski definition) is 2. The summed E-state index contributed by atoms with van der Waals surface area (Å²) in [6.07, 6.45) is 2.37. The Morgan fingerprint density at radius 2 is 0.719 bits per heavy atom. The number of benzene rings is 4. The molecule has 8 bridgehead atoms. The van der Waals surface area contributed by atoms with Crippen LogP contribution in [0.3, 0.4) is 0 Å². The molecule has 1 aliphatic carbocycles. The maximum atomic E-state index is 12.3. The van der Waals surface area contributed by atoms with Crippen LogP contribution in [-0.4, -0.2) is 22.6 Å². The second kappa shape index (κ2) is 17.5. The number of phenolic OH excluding ortho intramolecular Hbond substituents is 2. The monoisotopic (exact) mass is 956 g/mol. The van der Waals surface area contributed by atoms with Crippen LogP contribution in [0.4, 0.5) is 0 Å². The van der Waals surface area contributed by atoms with Crippen LogP contribution < -0.4 is 0 Å². The molecule has 57 heavy (non-hydrogen) atoms. The van der Waals surface area contributed by atoms with Crippen molar-refractivity contribution in [1.82, 2.24) is 0 Å². The number of fused-ring (bicyclic) bond motifs is 8. The van der Waals surface area contributed by atoms with E-state index in [1.165, 1.54) is 37.0 Å². The lowest BCUT2D eigenvalue weighted by molar-refractivity contribution is 0.461. The molecule has 0 radical (unpaired) electrons. The van der Waals surface area contributed by atoms with E-state index in [0.717, 1.165) is 38.9 Å². The number of aromatic hydroxyl groups is 2. The summed E-state index contributed by atoms with van der Waals surface area (Å²) < 4.78 is 0.441.